The highest BCUT2D eigenvalue weighted by Crippen LogP contribution is 2.60. The molecule has 0 aromatic carbocycles. The van der Waals surface area contributed by atoms with E-state index in [0.717, 1.165) is 0 Å². The monoisotopic (exact) mass is 328 g/mol. The van der Waals surface area contributed by atoms with E-state index in [2.05, 4.69) is 64.7 Å². The zero-order chi connectivity index (χ0) is 17.0. The maximum absolute atomic E-state index is 11.6. The Morgan fingerprint density at radius 2 is 0.818 bits per heavy atom. The van der Waals surface area contributed by atoms with Gasteiger partial charge in [0.05, 0.1) is 0 Å². The van der Waals surface area contributed by atoms with Crippen molar-refractivity contribution < 1.29 is 4.89 Å². The minimum absolute atomic E-state index is 0.0613. The first-order valence-corrected chi connectivity index (χ1v) is 10.1. The van der Waals surface area contributed by atoms with Crippen LogP contribution in [0.15, 0.2) is 0 Å². The van der Waals surface area contributed by atoms with Crippen LogP contribution in [0.2, 0.25) is 0 Å². The van der Waals surface area contributed by atoms with Gasteiger partial charge in [0.15, 0.2) is 8.45 Å². The Morgan fingerprint density at radius 1 is 0.591 bits per heavy atom. The van der Waals surface area contributed by atoms with Crippen molar-refractivity contribution >= 4 is 8.45 Å². The van der Waals surface area contributed by atoms with Gasteiger partial charge in [-0.25, -0.2) is 9.34 Å². The van der Waals surface area contributed by atoms with Crippen molar-refractivity contribution in [2.75, 3.05) is 0 Å². The van der Waals surface area contributed by atoms with Crippen LogP contribution in [0.4, 0.5) is 0 Å². The van der Waals surface area contributed by atoms with Gasteiger partial charge in [-0.05, 0) is 93.9 Å². The Kier molecular flexibility index (Phi) is 4.82. The van der Waals surface area contributed by atoms with Gasteiger partial charge in [0.2, 0.25) is 0 Å². The average molecular weight is 328 g/mol. The number of hydrogen-bond donors (Lipinski definition) is 1. The zero-order valence-corrected chi connectivity index (χ0v) is 16.9. The van der Waals surface area contributed by atoms with Gasteiger partial charge in [0.25, 0.3) is 0 Å². The fourth-order valence-corrected chi connectivity index (χ4v) is 7.54. The van der Waals surface area contributed by atoms with Crippen LogP contribution in [0.25, 0.3) is 0 Å². The van der Waals surface area contributed by atoms with Crippen molar-refractivity contribution in [2.45, 2.75) is 116 Å². The smallest absolute Gasteiger partial charge is 0.187 e. The minimum Gasteiger partial charge on any atom is -0.347 e. The molecule has 2 aliphatic heterocycles. The fraction of sp³-hybridized carbons (Fsp3) is 1.00. The Morgan fingerprint density at radius 3 is 1.05 bits per heavy atom. The normalized spacial score (nSPS) is 31.4. The number of hydrogen-bond acceptors (Lipinski definition) is 3. The fourth-order valence-electron chi connectivity index (χ4n) is 5.03. The molecule has 0 radical (unpaired) electrons. The van der Waals surface area contributed by atoms with Crippen molar-refractivity contribution in [1.82, 2.24) is 9.34 Å². The number of nitrogens with zero attached hydrogens (tertiary/aromatic N) is 2. The summed E-state index contributed by atoms with van der Waals surface area (Å²) in [5.41, 5.74) is 0.245. The summed E-state index contributed by atoms with van der Waals surface area (Å²) < 4.78 is 4.90. The Labute approximate surface area is 139 Å². The standard InChI is InChI=1S/C18H37N2OP/c1-15(2)11-9-12-16(3,4)19(15)22(21)20-17(5,6)13-10-14-18(20,7)8/h21H,9-14H2,1-8H3. The molecule has 2 aliphatic rings. The maximum atomic E-state index is 11.6. The minimum atomic E-state index is -1.30. The summed E-state index contributed by atoms with van der Waals surface area (Å²) in [4.78, 5) is 11.6. The van der Waals surface area contributed by atoms with Crippen LogP contribution in [-0.4, -0.2) is 36.4 Å². The first-order chi connectivity index (χ1) is 9.81. The first kappa shape index (κ1) is 18.6. The zero-order valence-electron chi connectivity index (χ0n) is 16.0. The highest BCUT2D eigenvalue weighted by atomic mass is 31.2. The van der Waals surface area contributed by atoms with E-state index in [1.807, 2.05) is 0 Å². The summed E-state index contributed by atoms with van der Waals surface area (Å²) in [5.74, 6) is 0. The lowest BCUT2D eigenvalue weighted by atomic mass is 9.82. The Bertz CT molecular complexity index is 347. The van der Waals surface area contributed by atoms with E-state index in [4.69, 9.17) is 0 Å². The molecule has 2 heterocycles. The number of rotatable bonds is 2. The van der Waals surface area contributed by atoms with E-state index >= 15 is 0 Å². The summed E-state index contributed by atoms with van der Waals surface area (Å²) in [6, 6.07) is 0. The third-order valence-electron chi connectivity index (χ3n) is 5.81. The molecule has 0 bridgehead atoms. The van der Waals surface area contributed by atoms with E-state index < -0.39 is 8.45 Å². The SMILES string of the molecule is CC1(C)CCCC(C)(C)N1P(O)N1C(C)(C)CCCC1(C)C. The second-order valence-corrected chi connectivity index (χ2v) is 11.2. The summed E-state index contributed by atoms with van der Waals surface area (Å²) in [5, 5.41) is 0. The van der Waals surface area contributed by atoms with Gasteiger partial charge in [-0.2, -0.15) is 0 Å². The van der Waals surface area contributed by atoms with Crippen LogP contribution >= 0.6 is 8.45 Å². The number of piperidine rings is 2. The quantitative estimate of drug-likeness (QED) is 0.698. The van der Waals surface area contributed by atoms with Crippen LogP contribution in [0.1, 0.15) is 93.9 Å². The van der Waals surface area contributed by atoms with Crippen molar-refractivity contribution in [3.05, 3.63) is 0 Å². The summed E-state index contributed by atoms with van der Waals surface area (Å²) >= 11 is 0. The van der Waals surface area contributed by atoms with Crippen molar-refractivity contribution in [3.63, 3.8) is 0 Å². The summed E-state index contributed by atoms with van der Waals surface area (Å²) in [6.07, 6.45) is 7.20. The van der Waals surface area contributed by atoms with E-state index in [0.29, 0.717) is 0 Å². The van der Waals surface area contributed by atoms with Gasteiger partial charge < -0.3 is 4.89 Å². The molecule has 0 atom stereocenters. The molecular weight excluding hydrogens is 291 g/mol. The molecule has 130 valence electrons. The van der Waals surface area contributed by atoms with Crippen molar-refractivity contribution in [2.24, 2.45) is 0 Å². The summed E-state index contributed by atoms with van der Waals surface area (Å²) in [7, 11) is -1.30. The van der Waals surface area contributed by atoms with Gasteiger partial charge in [-0.1, -0.05) is 0 Å². The first-order valence-electron chi connectivity index (χ1n) is 8.91. The molecule has 4 heteroatoms. The Hall–Kier alpha value is 0.310. The lowest BCUT2D eigenvalue weighted by Crippen LogP contribution is -2.62. The molecule has 1 N–H and O–H groups in total. The second kappa shape index (κ2) is 5.69. The third kappa shape index (κ3) is 3.24. The van der Waals surface area contributed by atoms with E-state index in [1.165, 1.54) is 38.5 Å². The lowest BCUT2D eigenvalue weighted by molar-refractivity contribution is 0.00295. The van der Waals surface area contributed by atoms with Gasteiger partial charge in [0, 0.05) is 22.2 Å². The lowest BCUT2D eigenvalue weighted by Gasteiger charge is -2.61. The molecule has 0 saturated carbocycles. The average Bonchev–Trinajstić information content (AvgIpc) is 2.22. The van der Waals surface area contributed by atoms with Crippen LogP contribution in [-0.2, 0) is 0 Å². The van der Waals surface area contributed by atoms with E-state index in [9.17, 15) is 4.89 Å². The predicted molar refractivity (Wildman–Crippen MR) is 96.8 cm³/mol. The maximum Gasteiger partial charge on any atom is 0.187 e. The highest BCUT2D eigenvalue weighted by molar-refractivity contribution is 7.46. The van der Waals surface area contributed by atoms with Gasteiger partial charge >= 0.3 is 0 Å². The molecule has 22 heavy (non-hydrogen) atoms. The summed E-state index contributed by atoms with van der Waals surface area (Å²) in [6.45, 7) is 18.5. The molecule has 0 aromatic heterocycles. The van der Waals surface area contributed by atoms with Crippen molar-refractivity contribution in [3.8, 4) is 0 Å². The van der Waals surface area contributed by atoms with Crippen LogP contribution in [0.5, 0.6) is 0 Å². The molecule has 2 rings (SSSR count). The molecule has 0 amide bonds. The third-order valence-corrected chi connectivity index (χ3v) is 8.69. The molecule has 0 unspecified atom stereocenters. The predicted octanol–water partition coefficient (Wildman–Crippen LogP) is 5.29. The molecule has 2 fully saturated rings. The van der Waals surface area contributed by atoms with Gasteiger partial charge in [-0.15, -0.1) is 0 Å². The van der Waals surface area contributed by atoms with Gasteiger partial charge in [-0.3, -0.25) is 0 Å². The van der Waals surface area contributed by atoms with Crippen molar-refractivity contribution in [1.29, 1.82) is 0 Å². The highest BCUT2D eigenvalue weighted by Gasteiger charge is 2.53. The Balaban J connectivity index is 2.40. The molecular formula is C18H37N2OP. The molecule has 0 aromatic rings. The van der Waals surface area contributed by atoms with Crippen LogP contribution in [0, 0.1) is 0 Å². The largest absolute Gasteiger partial charge is 0.347 e. The van der Waals surface area contributed by atoms with Crippen LogP contribution in [0.3, 0.4) is 0 Å². The van der Waals surface area contributed by atoms with Crippen LogP contribution < -0.4 is 0 Å². The molecule has 2 saturated heterocycles. The molecule has 0 aliphatic carbocycles. The molecule has 0 spiro atoms. The van der Waals surface area contributed by atoms with Gasteiger partial charge in [0.1, 0.15) is 0 Å². The second-order valence-electron chi connectivity index (χ2n) is 9.85. The van der Waals surface area contributed by atoms with E-state index in [1.54, 1.807) is 0 Å². The van der Waals surface area contributed by atoms with E-state index in [-0.39, 0.29) is 22.2 Å². The topological polar surface area (TPSA) is 26.7 Å². The molecule has 3 nitrogen and oxygen atoms in total.